The van der Waals surface area contributed by atoms with E-state index in [4.69, 9.17) is 9.88 Å². The number of nitrogens with two attached hydrogens (primary N) is 1. The second kappa shape index (κ2) is 8.07. The number of hydrogen-bond acceptors (Lipinski definition) is 5. The number of sulfonamides is 1. The number of hydrogen-bond donors (Lipinski definition) is 2. The Morgan fingerprint density at radius 2 is 1.88 bits per heavy atom. The molecule has 0 fully saturated rings. The van der Waals surface area contributed by atoms with Crippen molar-refractivity contribution in [2.24, 2.45) is 5.14 Å². The first kappa shape index (κ1) is 19.5. The Balaban J connectivity index is 1.97. The SMILES string of the molecule is CC(OC(=O)Cc1ccccc1F)C(=O)Nc1cccc(S(N)(=O)=O)c1. The lowest BCUT2D eigenvalue weighted by atomic mass is 10.1. The van der Waals surface area contributed by atoms with Crippen molar-refractivity contribution in [2.45, 2.75) is 24.3 Å². The van der Waals surface area contributed by atoms with Crippen LogP contribution < -0.4 is 10.5 Å². The molecule has 2 aromatic carbocycles. The molecule has 0 heterocycles. The van der Waals surface area contributed by atoms with E-state index in [-0.39, 0.29) is 22.6 Å². The van der Waals surface area contributed by atoms with Gasteiger partial charge in [0, 0.05) is 5.69 Å². The van der Waals surface area contributed by atoms with Gasteiger partial charge in [-0.1, -0.05) is 24.3 Å². The number of anilines is 1. The first-order valence-electron chi connectivity index (χ1n) is 7.53. The summed E-state index contributed by atoms with van der Waals surface area (Å²) in [6.45, 7) is 1.35. The van der Waals surface area contributed by atoms with Crippen molar-refractivity contribution in [3.63, 3.8) is 0 Å². The molecule has 0 aliphatic carbocycles. The first-order chi connectivity index (χ1) is 12.2. The number of benzene rings is 2. The number of primary sulfonamides is 1. The van der Waals surface area contributed by atoms with Gasteiger partial charge in [-0.2, -0.15) is 0 Å². The van der Waals surface area contributed by atoms with Gasteiger partial charge in [0.25, 0.3) is 5.91 Å². The Bertz CT molecular complexity index is 930. The third-order valence-electron chi connectivity index (χ3n) is 3.40. The van der Waals surface area contributed by atoms with Crippen molar-refractivity contribution < 1.29 is 27.1 Å². The van der Waals surface area contributed by atoms with Crippen LogP contribution in [0.15, 0.2) is 53.4 Å². The van der Waals surface area contributed by atoms with Crippen LogP contribution in [0, 0.1) is 5.82 Å². The van der Waals surface area contributed by atoms with Crippen LogP contribution in [0.3, 0.4) is 0 Å². The average molecular weight is 380 g/mol. The molecule has 9 heteroatoms. The topological polar surface area (TPSA) is 116 Å². The summed E-state index contributed by atoms with van der Waals surface area (Å²) in [4.78, 5) is 23.8. The molecule has 0 saturated heterocycles. The minimum absolute atomic E-state index is 0.158. The third-order valence-corrected chi connectivity index (χ3v) is 4.31. The normalized spacial score (nSPS) is 12.3. The Kier molecular flexibility index (Phi) is 6.06. The van der Waals surface area contributed by atoms with E-state index >= 15 is 0 Å². The van der Waals surface area contributed by atoms with E-state index in [2.05, 4.69) is 5.32 Å². The molecular formula is C17H17FN2O5S. The molecule has 1 unspecified atom stereocenters. The second-order valence-electron chi connectivity index (χ2n) is 5.46. The van der Waals surface area contributed by atoms with Crippen molar-refractivity contribution in [1.29, 1.82) is 0 Å². The Morgan fingerprint density at radius 3 is 2.54 bits per heavy atom. The molecule has 0 saturated carbocycles. The number of ether oxygens (including phenoxy) is 1. The van der Waals surface area contributed by atoms with Crippen molar-refractivity contribution in [2.75, 3.05) is 5.32 Å². The maximum absolute atomic E-state index is 13.5. The van der Waals surface area contributed by atoms with Crippen LogP contribution in [-0.2, 0) is 30.8 Å². The van der Waals surface area contributed by atoms with Crippen LogP contribution in [-0.4, -0.2) is 26.4 Å². The van der Waals surface area contributed by atoms with Gasteiger partial charge in [-0.25, -0.2) is 17.9 Å². The monoisotopic (exact) mass is 380 g/mol. The van der Waals surface area contributed by atoms with E-state index < -0.39 is 33.8 Å². The molecule has 138 valence electrons. The lowest BCUT2D eigenvalue weighted by molar-refractivity contribution is -0.152. The highest BCUT2D eigenvalue weighted by molar-refractivity contribution is 7.89. The van der Waals surface area contributed by atoms with Crippen molar-refractivity contribution >= 4 is 27.6 Å². The molecule has 2 aromatic rings. The number of carbonyl (C=O) groups is 2. The molecule has 7 nitrogen and oxygen atoms in total. The predicted octanol–water partition coefficient (Wildman–Crippen LogP) is 1.59. The fraction of sp³-hybridized carbons (Fsp3) is 0.176. The zero-order chi connectivity index (χ0) is 19.3. The van der Waals surface area contributed by atoms with E-state index in [0.29, 0.717) is 0 Å². The van der Waals surface area contributed by atoms with E-state index in [1.165, 1.54) is 49.4 Å². The summed E-state index contributed by atoms with van der Waals surface area (Å²) in [7, 11) is -3.91. The maximum atomic E-state index is 13.5. The van der Waals surface area contributed by atoms with Gasteiger partial charge in [0.05, 0.1) is 11.3 Å². The molecule has 0 aliphatic heterocycles. The fourth-order valence-corrected chi connectivity index (χ4v) is 2.64. The van der Waals surface area contributed by atoms with Crippen molar-refractivity contribution in [3.05, 3.63) is 59.9 Å². The van der Waals surface area contributed by atoms with Gasteiger partial charge >= 0.3 is 5.97 Å². The largest absolute Gasteiger partial charge is 0.452 e. The minimum atomic E-state index is -3.91. The number of carbonyl (C=O) groups excluding carboxylic acids is 2. The zero-order valence-electron chi connectivity index (χ0n) is 13.8. The van der Waals surface area contributed by atoms with Gasteiger partial charge in [-0.3, -0.25) is 9.59 Å². The summed E-state index contributed by atoms with van der Waals surface area (Å²) < 4.78 is 41.1. The van der Waals surface area contributed by atoms with E-state index in [0.717, 1.165) is 0 Å². The summed E-state index contributed by atoms with van der Waals surface area (Å²) in [6.07, 6.45) is -1.47. The van der Waals surface area contributed by atoms with E-state index in [1.807, 2.05) is 0 Å². The molecule has 2 rings (SSSR count). The molecule has 0 aliphatic rings. The Hall–Kier alpha value is -2.78. The van der Waals surface area contributed by atoms with Gasteiger partial charge in [0.15, 0.2) is 6.10 Å². The number of rotatable bonds is 6. The van der Waals surface area contributed by atoms with Crippen LogP contribution in [0.1, 0.15) is 12.5 Å². The van der Waals surface area contributed by atoms with Gasteiger partial charge in [-0.15, -0.1) is 0 Å². The van der Waals surface area contributed by atoms with E-state index in [1.54, 1.807) is 6.07 Å². The van der Waals surface area contributed by atoms with Crippen LogP contribution in [0.25, 0.3) is 0 Å². The van der Waals surface area contributed by atoms with Crippen LogP contribution >= 0.6 is 0 Å². The second-order valence-corrected chi connectivity index (χ2v) is 7.02. The maximum Gasteiger partial charge on any atom is 0.311 e. The third kappa shape index (κ3) is 5.36. The molecular weight excluding hydrogens is 363 g/mol. The van der Waals surface area contributed by atoms with Crippen LogP contribution in [0.2, 0.25) is 0 Å². The highest BCUT2D eigenvalue weighted by Crippen LogP contribution is 2.15. The molecule has 0 aromatic heterocycles. The van der Waals surface area contributed by atoms with E-state index in [9.17, 15) is 22.4 Å². The molecule has 26 heavy (non-hydrogen) atoms. The zero-order valence-corrected chi connectivity index (χ0v) is 14.6. The average Bonchev–Trinajstić information content (AvgIpc) is 2.56. The lowest BCUT2D eigenvalue weighted by Gasteiger charge is -2.14. The number of nitrogens with one attached hydrogen (secondary N) is 1. The first-order valence-corrected chi connectivity index (χ1v) is 9.08. The number of amides is 1. The summed E-state index contributed by atoms with van der Waals surface area (Å²) in [5.74, 6) is -1.98. The highest BCUT2D eigenvalue weighted by Gasteiger charge is 2.19. The van der Waals surface area contributed by atoms with Gasteiger partial charge < -0.3 is 10.1 Å². The summed E-state index contributed by atoms with van der Waals surface area (Å²) >= 11 is 0. The van der Waals surface area contributed by atoms with Gasteiger partial charge in [0.2, 0.25) is 10.0 Å². The number of esters is 1. The smallest absolute Gasteiger partial charge is 0.311 e. The van der Waals surface area contributed by atoms with Gasteiger partial charge in [0.1, 0.15) is 5.82 Å². The molecule has 3 N–H and O–H groups in total. The quantitative estimate of drug-likeness (QED) is 0.739. The fourth-order valence-electron chi connectivity index (χ4n) is 2.08. The lowest BCUT2D eigenvalue weighted by Crippen LogP contribution is -2.30. The van der Waals surface area contributed by atoms with Crippen molar-refractivity contribution in [3.8, 4) is 0 Å². The summed E-state index contributed by atoms with van der Waals surface area (Å²) in [5, 5.41) is 7.45. The summed E-state index contributed by atoms with van der Waals surface area (Å²) in [5.41, 5.74) is 0.337. The van der Waals surface area contributed by atoms with Crippen LogP contribution in [0.4, 0.5) is 10.1 Å². The van der Waals surface area contributed by atoms with Crippen LogP contribution in [0.5, 0.6) is 0 Å². The number of halogens is 1. The highest BCUT2D eigenvalue weighted by atomic mass is 32.2. The molecule has 1 amide bonds. The standard InChI is InChI=1S/C17H17FN2O5S/c1-11(25-16(21)9-12-5-2-3-8-15(12)18)17(22)20-13-6-4-7-14(10-13)26(19,23)24/h2-8,10-11H,9H2,1H3,(H,20,22)(H2,19,23,24). The Morgan fingerprint density at radius 1 is 1.19 bits per heavy atom. The molecule has 0 radical (unpaired) electrons. The minimum Gasteiger partial charge on any atom is -0.452 e. The van der Waals surface area contributed by atoms with Crippen molar-refractivity contribution in [1.82, 2.24) is 0 Å². The van der Waals surface area contributed by atoms with Gasteiger partial charge in [-0.05, 0) is 36.8 Å². The molecule has 0 spiro atoms. The summed E-state index contributed by atoms with van der Waals surface area (Å²) in [6, 6.07) is 11.1. The molecule has 1 atom stereocenters. The predicted molar refractivity (Wildman–Crippen MR) is 92.1 cm³/mol. The molecule has 0 bridgehead atoms. The Labute approximate surface area is 150 Å².